The van der Waals surface area contributed by atoms with E-state index in [1.807, 2.05) is 0 Å². The molecule has 3 N–H and O–H groups in total. The summed E-state index contributed by atoms with van der Waals surface area (Å²) in [4.78, 5) is 41.0. The van der Waals surface area contributed by atoms with Gasteiger partial charge in [-0.2, -0.15) is 0 Å². The van der Waals surface area contributed by atoms with Gasteiger partial charge in [-0.25, -0.2) is 14.6 Å². The molecule has 4 aromatic rings. The second-order valence-electron chi connectivity index (χ2n) is 8.38. The molecule has 0 atom stereocenters. The summed E-state index contributed by atoms with van der Waals surface area (Å²) < 4.78 is 10.7. The van der Waals surface area contributed by atoms with E-state index in [2.05, 4.69) is 4.98 Å². The number of aromatic amines is 1. The maximum absolute atomic E-state index is 11.9. The molecule has 39 heavy (non-hydrogen) atoms. The highest BCUT2D eigenvalue weighted by atomic mass is 16.7. The lowest BCUT2D eigenvalue weighted by Crippen LogP contribution is -1.94. The predicted octanol–water partition coefficient (Wildman–Crippen LogP) is 5.24. The lowest BCUT2D eigenvalue weighted by Gasteiger charge is -2.05. The number of carboxylic acids is 2. The normalized spacial score (nSPS) is 12.3. The molecule has 0 spiro atoms. The Balaban J connectivity index is 1.63. The molecule has 2 heterocycles. The van der Waals surface area contributed by atoms with E-state index in [1.165, 1.54) is 24.3 Å². The van der Waals surface area contributed by atoms with Crippen LogP contribution in [0.2, 0.25) is 0 Å². The molecule has 0 unspecified atom stereocenters. The number of hydrogen-bond donors (Lipinski definition) is 3. The molecule has 0 radical (unpaired) electrons. The summed E-state index contributed by atoms with van der Waals surface area (Å²) in [6, 6.07) is 16.8. The van der Waals surface area contributed by atoms with Gasteiger partial charge >= 0.3 is 11.9 Å². The van der Waals surface area contributed by atoms with Crippen molar-refractivity contribution in [3.8, 4) is 45.4 Å². The number of fused-ring (bicyclic) bond motifs is 1. The van der Waals surface area contributed by atoms with Gasteiger partial charge in [-0.1, -0.05) is 48.5 Å². The molecular formula is C28H19N3O8. The molecule has 0 aliphatic carbocycles. The topological polar surface area (TPSA) is 165 Å². The van der Waals surface area contributed by atoms with Crippen molar-refractivity contribution < 1.29 is 34.2 Å². The minimum Gasteiger partial charge on any atom is -0.478 e. The fourth-order valence-electron chi connectivity index (χ4n) is 4.04. The zero-order chi connectivity index (χ0) is 27.5. The monoisotopic (exact) mass is 525 g/mol. The fourth-order valence-corrected chi connectivity index (χ4v) is 4.04. The lowest BCUT2D eigenvalue weighted by atomic mass is 10.0. The Morgan fingerprint density at radius 3 is 1.95 bits per heavy atom. The highest BCUT2D eigenvalue weighted by Gasteiger charge is 2.27. The van der Waals surface area contributed by atoms with Crippen molar-refractivity contribution in [1.82, 2.24) is 9.97 Å². The third-order valence-corrected chi connectivity index (χ3v) is 5.87. The zero-order valence-electron chi connectivity index (χ0n) is 20.0. The Morgan fingerprint density at radius 1 is 0.872 bits per heavy atom. The highest BCUT2D eigenvalue weighted by Crippen LogP contribution is 2.43. The van der Waals surface area contributed by atoms with Gasteiger partial charge in [-0.05, 0) is 23.3 Å². The molecule has 194 valence electrons. The smallest absolute Gasteiger partial charge is 0.328 e. The zero-order valence-corrected chi connectivity index (χ0v) is 20.0. The first-order chi connectivity index (χ1) is 18.8. The molecule has 1 aliphatic heterocycles. The second kappa shape index (κ2) is 10.3. The van der Waals surface area contributed by atoms with Crippen molar-refractivity contribution in [3.05, 3.63) is 94.1 Å². The summed E-state index contributed by atoms with van der Waals surface area (Å²) in [5.41, 5.74) is 3.78. The molecule has 0 fully saturated rings. The fraction of sp³-hybridized carbons (Fsp3) is 0.0357. The van der Waals surface area contributed by atoms with E-state index in [0.717, 1.165) is 12.2 Å². The summed E-state index contributed by atoms with van der Waals surface area (Å²) in [6.07, 6.45) is 4.99. The first-order valence-corrected chi connectivity index (χ1v) is 11.5. The Hall–Kier alpha value is -5.71. The van der Waals surface area contributed by atoms with Crippen molar-refractivity contribution in [3.63, 3.8) is 0 Å². The van der Waals surface area contributed by atoms with Crippen LogP contribution < -0.4 is 9.47 Å². The van der Waals surface area contributed by atoms with Gasteiger partial charge in [-0.3, -0.25) is 10.1 Å². The van der Waals surface area contributed by atoms with Gasteiger partial charge in [0.25, 0.3) is 5.69 Å². The van der Waals surface area contributed by atoms with Gasteiger partial charge in [0, 0.05) is 29.3 Å². The van der Waals surface area contributed by atoms with Gasteiger partial charge in [0.05, 0.1) is 27.9 Å². The first kappa shape index (κ1) is 25.0. The largest absolute Gasteiger partial charge is 0.478 e. The van der Waals surface area contributed by atoms with Crippen LogP contribution in [0.5, 0.6) is 11.5 Å². The Morgan fingerprint density at radius 2 is 1.41 bits per heavy atom. The minimum atomic E-state index is -1.06. The SMILES string of the molecule is O=C(O)C=Cc1ccc(-c2nc(-c3cc4c(cc3[N+](=O)[O-])OCO4)[nH]c2-c2ccc(C=CC(=O)O)cc2)cc1. The maximum Gasteiger partial charge on any atom is 0.328 e. The molecule has 11 nitrogen and oxygen atoms in total. The standard InChI is InChI=1S/C28H19N3O8/c32-24(33)11-5-16-1-7-18(8-2-16)26-27(19-9-3-17(4-10-19)6-12-25(34)35)30-28(29-26)20-13-22-23(39-15-38-22)14-21(20)31(36)37/h1-14H,15H2,(H,29,30)(H,32,33)(H,34,35). The van der Waals surface area contributed by atoms with E-state index in [1.54, 1.807) is 48.5 Å². The molecule has 5 rings (SSSR count). The highest BCUT2D eigenvalue weighted by molar-refractivity contribution is 5.87. The average molecular weight is 525 g/mol. The predicted molar refractivity (Wildman–Crippen MR) is 141 cm³/mol. The first-order valence-electron chi connectivity index (χ1n) is 11.5. The number of nitrogens with zero attached hydrogens (tertiary/aromatic N) is 2. The third-order valence-electron chi connectivity index (χ3n) is 5.87. The molecule has 11 heteroatoms. The van der Waals surface area contributed by atoms with Crippen LogP contribution in [0, 0.1) is 10.1 Å². The Labute approximate surface area is 220 Å². The molecule has 0 bridgehead atoms. The number of imidazole rings is 1. The molecule has 1 aromatic heterocycles. The molecular weight excluding hydrogens is 506 g/mol. The molecule has 3 aromatic carbocycles. The number of hydrogen-bond acceptors (Lipinski definition) is 7. The Bertz CT molecular complexity index is 1570. The molecule has 0 saturated heterocycles. The number of nitro benzene ring substituents is 1. The van der Waals surface area contributed by atoms with E-state index in [4.69, 9.17) is 24.7 Å². The lowest BCUT2D eigenvalue weighted by molar-refractivity contribution is -0.384. The van der Waals surface area contributed by atoms with E-state index < -0.39 is 16.9 Å². The van der Waals surface area contributed by atoms with Crippen molar-refractivity contribution >= 4 is 29.8 Å². The third kappa shape index (κ3) is 5.37. The summed E-state index contributed by atoms with van der Waals surface area (Å²) in [5.74, 6) is -1.27. The van der Waals surface area contributed by atoms with Gasteiger partial charge < -0.3 is 24.7 Å². The number of aliphatic carboxylic acids is 2. The summed E-state index contributed by atoms with van der Waals surface area (Å²) in [7, 11) is 0. The van der Waals surface area contributed by atoms with Gasteiger partial charge in [0.1, 0.15) is 5.82 Å². The van der Waals surface area contributed by atoms with Crippen LogP contribution in [-0.4, -0.2) is 43.8 Å². The van der Waals surface area contributed by atoms with Crippen molar-refractivity contribution in [2.45, 2.75) is 0 Å². The molecule has 0 saturated carbocycles. The minimum absolute atomic E-state index is 0.0457. The number of nitrogens with one attached hydrogen (secondary N) is 1. The quantitative estimate of drug-likeness (QED) is 0.158. The number of rotatable bonds is 8. The molecule has 0 amide bonds. The summed E-state index contributed by atoms with van der Waals surface area (Å²) in [5, 5.41) is 29.7. The second-order valence-corrected chi connectivity index (χ2v) is 8.38. The van der Waals surface area contributed by atoms with E-state index in [-0.39, 0.29) is 29.6 Å². The number of H-pyrrole nitrogens is 1. The van der Waals surface area contributed by atoms with E-state index in [0.29, 0.717) is 39.4 Å². The van der Waals surface area contributed by atoms with Crippen LogP contribution in [-0.2, 0) is 9.59 Å². The van der Waals surface area contributed by atoms with Crippen LogP contribution >= 0.6 is 0 Å². The average Bonchev–Trinajstić information content (AvgIpc) is 3.57. The Kier molecular flexibility index (Phi) is 6.62. The van der Waals surface area contributed by atoms with Crippen LogP contribution in [0.3, 0.4) is 0 Å². The van der Waals surface area contributed by atoms with Gasteiger partial charge in [0.2, 0.25) is 6.79 Å². The van der Waals surface area contributed by atoms with Crippen LogP contribution in [0.4, 0.5) is 5.69 Å². The van der Waals surface area contributed by atoms with Gasteiger partial charge in [-0.15, -0.1) is 0 Å². The van der Waals surface area contributed by atoms with Crippen LogP contribution in [0.25, 0.3) is 46.1 Å². The number of ether oxygens (including phenoxy) is 2. The van der Waals surface area contributed by atoms with E-state index in [9.17, 15) is 19.7 Å². The number of carbonyl (C=O) groups is 2. The van der Waals surface area contributed by atoms with Crippen molar-refractivity contribution in [1.29, 1.82) is 0 Å². The summed E-state index contributed by atoms with van der Waals surface area (Å²) in [6.45, 7) is -0.0457. The van der Waals surface area contributed by atoms with Crippen LogP contribution in [0.15, 0.2) is 72.8 Å². The van der Waals surface area contributed by atoms with Crippen molar-refractivity contribution in [2.75, 3.05) is 6.79 Å². The van der Waals surface area contributed by atoms with E-state index >= 15 is 0 Å². The maximum atomic E-state index is 11.9. The summed E-state index contributed by atoms with van der Waals surface area (Å²) >= 11 is 0. The van der Waals surface area contributed by atoms with Gasteiger partial charge in [0.15, 0.2) is 11.5 Å². The number of nitro groups is 1. The number of benzene rings is 3. The van der Waals surface area contributed by atoms with Crippen molar-refractivity contribution in [2.24, 2.45) is 0 Å². The number of aromatic nitrogens is 2. The van der Waals surface area contributed by atoms with Crippen LogP contribution in [0.1, 0.15) is 11.1 Å². The molecule has 1 aliphatic rings. The number of carboxylic acid groups (broad SMARTS) is 2.